The van der Waals surface area contributed by atoms with E-state index in [4.69, 9.17) is 9.84 Å². The number of rotatable bonds is 1. The molecular weight excluding hydrogens is 144 g/mol. The van der Waals surface area contributed by atoms with Crippen LogP contribution in [0.2, 0.25) is 0 Å². The maximum atomic E-state index is 10.7. The maximum absolute atomic E-state index is 10.7. The fraction of sp³-hybridized carbons (Fsp3) is 0.875. The molecule has 62 valence electrons. The van der Waals surface area contributed by atoms with Crippen LogP contribution in [0.3, 0.4) is 0 Å². The zero-order valence-corrected chi connectivity index (χ0v) is 6.54. The molecule has 3 heteroatoms. The standard InChI is InChI=1S/C8H12O3/c1-5-2-3-6-8(4-5,11-6)7(9)10/h5-6H,2-4H2,1H3,(H,9,10). The van der Waals surface area contributed by atoms with E-state index in [9.17, 15) is 4.79 Å². The van der Waals surface area contributed by atoms with Gasteiger partial charge in [-0.05, 0) is 25.2 Å². The van der Waals surface area contributed by atoms with Crippen molar-refractivity contribution in [1.29, 1.82) is 0 Å². The van der Waals surface area contributed by atoms with Crippen LogP contribution in [0.5, 0.6) is 0 Å². The lowest BCUT2D eigenvalue weighted by Gasteiger charge is -2.18. The minimum Gasteiger partial charge on any atom is -0.479 e. The number of hydrogen-bond donors (Lipinski definition) is 1. The van der Waals surface area contributed by atoms with Gasteiger partial charge >= 0.3 is 5.97 Å². The van der Waals surface area contributed by atoms with Crippen molar-refractivity contribution in [3.63, 3.8) is 0 Å². The number of fused-ring (bicyclic) bond motifs is 1. The van der Waals surface area contributed by atoms with Crippen molar-refractivity contribution in [2.24, 2.45) is 5.92 Å². The summed E-state index contributed by atoms with van der Waals surface area (Å²) in [6.07, 6.45) is 2.76. The lowest BCUT2D eigenvalue weighted by molar-refractivity contribution is -0.144. The highest BCUT2D eigenvalue weighted by Crippen LogP contribution is 2.49. The second-order valence-electron chi connectivity index (χ2n) is 3.69. The Morgan fingerprint density at radius 2 is 2.36 bits per heavy atom. The largest absolute Gasteiger partial charge is 0.479 e. The zero-order valence-electron chi connectivity index (χ0n) is 6.54. The third-order valence-electron chi connectivity index (χ3n) is 2.75. The molecule has 3 atom stereocenters. The molecule has 1 saturated heterocycles. The first-order chi connectivity index (χ1) is 5.15. The van der Waals surface area contributed by atoms with E-state index in [1.54, 1.807) is 0 Å². The number of carbonyl (C=O) groups is 1. The van der Waals surface area contributed by atoms with Crippen molar-refractivity contribution in [2.75, 3.05) is 0 Å². The van der Waals surface area contributed by atoms with Crippen LogP contribution in [-0.4, -0.2) is 22.8 Å². The molecule has 2 fully saturated rings. The molecule has 3 unspecified atom stereocenters. The Bertz CT molecular complexity index is 202. The molecule has 1 saturated carbocycles. The molecule has 1 aliphatic heterocycles. The summed E-state index contributed by atoms with van der Waals surface area (Å²) in [4.78, 5) is 10.7. The molecule has 1 aliphatic carbocycles. The molecule has 11 heavy (non-hydrogen) atoms. The highest BCUT2D eigenvalue weighted by atomic mass is 16.6. The van der Waals surface area contributed by atoms with Crippen LogP contribution in [0.1, 0.15) is 26.2 Å². The van der Waals surface area contributed by atoms with Crippen molar-refractivity contribution in [3.8, 4) is 0 Å². The van der Waals surface area contributed by atoms with Gasteiger partial charge in [0.1, 0.15) is 0 Å². The van der Waals surface area contributed by atoms with Gasteiger partial charge in [0.15, 0.2) is 5.60 Å². The summed E-state index contributed by atoms with van der Waals surface area (Å²) in [5.41, 5.74) is -0.766. The molecule has 0 aromatic rings. The van der Waals surface area contributed by atoms with Gasteiger partial charge in [0.05, 0.1) is 6.10 Å². The Hall–Kier alpha value is -0.570. The number of aliphatic carboxylic acids is 1. The molecule has 0 aromatic heterocycles. The van der Waals surface area contributed by atoms with E-state index in [2.05, 4.69) is 6.92 Å². The first kappa shape index (κ1) is 7.10. The maximum Gasteiger partial charge on any atom is 0.338 e. The van der Waals surface area contributed by atoms with Gasteiger partial charge in [0.2, 0.25) is 0 Å². The number of ether oxygens (including phenoxy) is 1. The normalized spacial score (nSPS) is 48.1. The molecule has 0 amide bonds. The number of carboxylic acids is 1. The lowest BCUT2D eigenvalue weighted by Crippen LogP contribution is -2.32. The van der Waals surface area contributed by atoms with E-state index in [1.165, 1.54) is 0 Å². The van der Waals surface area contributed by atoms with Crippen LogP contribution in [0.25, 0.3) is 0 Å². The molecular formula is C8H12O3. The molecule has 3 nitrogen and oxygen atoms in total. The van der Waals surface area contributed by atoms with Gasteiger partial charge in [-0.1, -0.05) is 6.92 Å². The Labute approximate surface area is 65.4 Å². The quantitative estimate of drug-likeness (QED) is 0.577. The van der Waals surface area contributed by atoms with Gasteiger partial charge in [-0.15, -0.1) is 0 Å². The van der Waals surface area contributed by atoms with Gasteiger partial charge in [-0.2, -0.15) is 0 Å². The van der Waals surface area contributed by atoms with Crippen molar-refractivity contribution in [3.05, 3.63) is 0 Å². The Morgan fingerprint density at radius 3 is 2.91 bits per heavy atom. The second kappa shape index (κ2) is 1.97. The summed E-state index contributed by atoms with van der Waals surface area (Å²) in [6.45, 7) is 2.09. The van der Waals surface area contributed by atoms with Gasteiger partial charge < -0.3 is 9.84 Å². The molecule has 1 N–H and O–H groups in total. The molecule has 0 bridgehead atoms. The SMILES string of the molecule is CC1CCC2OC2(C(=O)O)C1. The predicted octanol–water partition coefficient (Wildman–Crippen LogP) is 1.03. The van der Waals surface area contributed by atoms with Crippen LogP contribution >= 0.6 is 0 Å². The van der Waals surface area contributed by atoms with Gasteiger partial charge in [-0.3, -0.25) is 0 Å². The molecule has 0 aromatic carbocycles. The van der Waals surface area contributed by atoms with E-state index in [0.29, 0.717) is 12.3 Å². The van der Waals surface area contributed by atoms with Crippen molar-refractivity contribution >= 4 is 5.97 Å². The van der Waals surface area contributed by atoms with Gasteiger partial charge in [0.25, 0.3) is 0 Å². The Morgan fingerprint density at radius 1 is 1.64 bits per heavy atom. The lowest BCUT2D eigenvalue weighted by atomic mass is 9.82. The fourth-order valence-electron chi connectivity index (χ4n) is 2.02. The number of carboxylic acid groups (broad SMARTS) is 1. The van der Waals surface area contributed by atoms with E-state index in [-0.39, 0.29) is 6.10 Å². The fourth-order valence-corrected chi connectivity index (χ4v) is 2.02. The van der Waals surface area contributed by atoms with E-state index >= 15 is 0 Å². The summed E-state index contributed by atoms with van der Waals surface area (Å²) >= 11 is 0. The summed E-state index contributed by atoms with van der Waals surface area (Å²) < 4.78 is 5.20. The zero-order chi connectivity index (χ0) is 8.06. The summed E-state index contributed by atoms with van der Waals surface area (Å²) in [5, 5.41) is 8.83. The van der Waals surface area contributed by atoms with Crippen LogP contribution in [0, 0.1) is 5.92 Å². The van der Waals surface area contributed by atoms with Crippen LogP contribution in [0.4, 0.5) is 0 Å². The van der Waals surface area contributed by atoms with Crippen LogP contribution < -0.4 is 0 Å². The number of hydrogen-bond acceptors (Lipinski definition) is 2. The summed E-state index contributed by atoms with van der Waals surface area (Å²) in [7, 11) is 0. The highest BCUT2D eigenvalue weighted by molar-refractivity contribution is 5.81. The minimum absolute atomic E-state index is 0.0243. The molecule has 2 rings (SSSR count). The predicted molar refractivity (Wildman–Crippen MR) is 38.3 cm³/mol. The molecule has 0 radical (unpaired) electrons. The molecule has 0 spiro atoms. The van der Waals surface area contributed by atoms with Crippen molar-refractivity contribution < 1.29 is 14.6 Å². The van der Waals surface area contributed by atoms with Crippen LogP contribution in [0.15, 0.2) is 0 Å². The average Bonchev–Trinajstić information content (AvgIpc) is 2.62. The van der Waals surface area contributed by atoms with Gasteiger partial charge in [0, 0.05) is 0 Å². The van der Waals surface area contributed by atoms with Crippen molar-refractivity contribution in [2.45, 2.75) is 37.9 Å². The van der Waals surface area contributed by atoms with E-state index < -0.39 is 11.6 Å². The van der Waals surface area contributed by atoms with Gasteiger partial charge in [-0.25, -0.2) is 4.79 Å². The van der Waals surface area contributed by atoms with Crippen molar-refractivity contribution in [1.82, 2.24) is 0 Å². The monoisotopic (exact) mass is 156 g/mol. The third kappa shape index (κ3) is 0.872. The highest BCUT2D eigenvalue weighted by Gasteiger charge is 2.64. The molecule has 2 aliphatic rings. The van der Waals surface area contributed by atoms with Crippen LogP contribution in [-0.2, 0) is 9.53 Å². The van der Waals surface area contributed by atoms with E-state index in [1.807, 2.05) is 0 Å². The Balaban J connectivity index is 2.12. The average molecular weight is 156 g/mol. The Kier molecular flexibility index (Phi) is 1.27. The first-order valence-corrected chi connectivity index (χ1v) is 4.06. The second-order valence-corrected chi connectivity index (χ2v) is 3.69. The summed E-state index contributed by atoms with van der Waals surface area (Å²) in [6, 6.07) is 0. The number of epoxide rings is 1. The third-order valence-corrected chi connectivity index (χ3v) is 2.75. The first-order valence-electron chi connectivity index (χ1n) is 4.06. The minimum atomic E-state index is -0.769. The van der Waals surface area contributed by atoms with E-state index in [0.717, 1.165) is 12.8 Å². The summed E-state index contributed by atoms with van der Waals surface area (Å²) in [5.74, 6) is -0.265. The topological polar surface area (TPSA) is 49.8 Å². The molecule has 1 heterocycles. The smallest absolute Gasteiger partial charge is 0.338 e.